The second-order valence-electron chi connectivity index (χ2n) is 6.02. The molecule has 3 rings (SSSR count). The van der Waals surface area contributed by atoms with Gasteiger partial charge in [0.15, 0.2) is 0 Å². The van der Waals surface area contributed by atoms with Crippen molar-refractivity contribution in [3.8, 4) is 0 Å². The number of aliphatic hydroxyl groups is 1. The number of hydrogen-bond donors (Lipinski definition) is 1. The minimum absolute atomic E-state index is 0.0501. The summed E-state index contributed by atoms with van der Waals surface area (Å²) in [5.41, 5.74) is -0.935. The molecular formula is C16H20N4O2S. The predicted octanol–water partition coefficient (Wildman–Crippen LogP) is 1.56. The highest BCUT2D eigenvalue weighted by Gasteiger charge is 2.39. The number of anilines is 1. The standard InChI is InChI=1S/C16H20N4O2S/c1-12-4-5-13(23-12)14(21)19(2)10-16(22)6-9-20(11-16)15-17-7-3-8-18-15/h3-5,7-8,22H,6,9-11H2,1-2H3. The average Bonchev–Trinajstić information content (AvgIpc) is 3.14. The van der Waals surface area contributed by atoms with Gasteiger partial charge in [-0.3, -0.25) is 4.79 Å². The van der Waals surface area contributed by atoms with Crippen molar-refractivity contribution in [3.63, 3.8) is 0 Å². The van der Waals surface area contributed by atoms with E-state index >= 15 is 0 Å². The van der Waals surface area contributed by atoms with Crippen LogP contribution in [0.25, 0.3) is 0 Å². The summed E-state index contributed by atoms with van der Waals surface area (Å²) < 4.78 is 0. The molecule has 0 bridgehead atoms. The Hall–Kier alpha value is -1.99. The van der Waals surface area contributed by atoms with Crippen LogP contribution in [0.2, 0.25) is 0 Å². The number of nitrogens with zero attached hydrogens (tertiary/aromatic N) is 4. The van der Waals surface area contributed by atoms with Crippen LogP contribution in [0.15, 0.2) is 30.6 Å². The lowest BCUT2D eigenvalue weighted by Gasteiger charge is -2.28. The van der Waals surface area contributed by atoms with Crippen molar-refractivity contribution in [2.24, 2.45) is 0 Å². The van der Waals surface area contributed by atoms with Crippen LogP contribution in [0.3, 0.4) is 0 Å². The number of hydrogen-bond acceptors (Lipinski definition) is 6. The fraction of sp³-hybridized carbons (Fsp3) is 0.438. The van der Waals surface area contributed by atoms with Crippen molar-refractivity contribution in [1.29, 1.82) is 0 Å². The molecule has 122 valence electrons. The number of carbonyl (C=O) groups is 1. The fourth-order valence-corrected chi connectivity index (χ4v) is 3.72. The third kappa shape index (κ3) is 3.51. The molecule has 1 atom stereocenters. The normalized spacial score (nSPS) is 20.7. The molecule has 3 heterocycles. The number of thiophene rings is 1. The van der Waals surface area contributed by atoms with Crippen molar-refractivity contribution in [3.05, 3.63) is 40.3 Å². The van der Waals surface area contributed by atoms with E-state index in [0.717, 1.165) is 4.88 Å². The Morgan fingerprint density at radius 3 is 2.83 bits per heavy atom. The zero-order valence-electron chi connectivity index (χ0n) is 13.3. The van der Waals surface area contributed by atoms with E-state index in [1.807, 2.05) is 24.0 Å². The Morgan fingerprint density at radius 2 is 2.17 bits per heavy atom. The van der Waals surface area contributed by atoms with Crippen LogP contribution in [-0.2, 0) is 0 Å². The molecule has 1 aliphatic rings. The Balaban J connectivity index is 1.64. The highest BCUT2D eigenvalue weighted by atomic mass is 32.1. The van der Waals surface area contributed by atoms with Crippen molar-refractivity contribution in [1.82, 2.24) is 14.9 Å². The Labute approximate surface area is 139 Å². The molecule has 0 aliphatic carbocycles. The van der Waals surface area contributed by atoms with Gasteiger partial charge in [0.05, 0.1) is 18.0 Å². The van der Waals surface area contributed by atoms with E-state index in [2.05, 4.69) is 9.97 Å². The van der Waals surface area contributed by atoms with Gasteiger partial charge < -0.3 is 14.9 Å². The van der Waals surface area contributed by atoms with E-state index in [1.54, 1.807) is 30.4 Å². The summed E-state index contributed by atoms with van der Waals surface area (Å²) in [6, 6.07) is 5.54. The lowest BCUT2D eigenvalue weighted by atomic mass is 10.0. The summed E-state index contributed by atoms with van der Waals surface area (Å²) in [5, 5.41) is 10.8. The van der Waals surface area contributed by atoms with Crippen LogP contribution in [-0.4, -0.2) is 58.2 Å². The van der Waals surface area contributed by atoms with Gasteiger partial charge in [0, 0.05) is 30.9 Å². The molecule has 1 unspecified atom stereocenters. The number of aryl methyl sites for hydroxylation is 1. The first-order valence-corrected chi connectivity index (χ1v) is 8.35. The number of β-amino-alcohol motifs (C(OH)–C–C–N with tert-alkyl or cyclic N) is 1. The van der Waals surface area contributed by atoms with Gasteiger partial charge in [0.25, 0.3) is 5.91 Å². The first-order valence-electron chi connectivity index (χ1n) is 7.53. The highest BCUT2D eigenvalue weighted by molar-refractivity contribution is 7.13. The van der Waals surface area contributed by atoms with Crippen molar-refractivity contribution in [2.75, 3.05) is 31.6 Å². The van der Waals surface area contributed by atoms with Gasteiger partial charge in [-0.25, -0.2) is 9.97 Å². The van der Waals surface area contributed by atoms with Crippen LogP contribution in [0.4, 0.5) is 5.95 Å². The largest absolute Gasteiger partial charge is 0.386 e. The number of amides is 1. The quantitative estimate of drug-likeness (QED) is 0.920. The van der Waals surface area contributed by atoms with E-state index < -0.39 is 5.60 Å². The van der Waals surface area contributed by atoms with E-state index in [1.165, 1.54) is 11.3 Å². The summed E-state index contributed by atoms with van der Waals surface area (Å²) in [4.78, 5) is 26.2. The molecule has 1 aliphatic heterocycles. The van der Waals surface area contributed by atoms with E-state index in [9.17, 15) is 9.90 Å². The van der Waals surface area contributed by atoms with Gasteiger partial charge in [0.2, 0.25) is 5.95 Å². The maximum Gasteiger partial charge on any atom is 0.263 e. The van der Waals surface area contributed by atoms with Gasteiger partial charge in [0.1, 0.15) is 5.60 Å². The molecule has 2 aromatic heterocycles. The highest BCUT2D eigenvalue weighted by Crippen LogP contribution is 2.26. The van der Waals surface area contributed by atoms with Crippen LogP contribution < -0.4 is 4.90 Å². The Kier molecular flexibility index (Phi) is 4.32. The molecule has 1 amide bonds. The zero-order valence-corrected chi connectivity index (χ0v) is 14.1. The van der Waals surface area contributed by atoms with Gasteiger partial charge in [-0.05, 0) is 31.5 Å². The molecule has 0 aromatic carbocycles. The molecule has 7 heteroatoms. The summed E-state index contributed by atoms with van der Waals surface area (Å²) in [6.45, 7) is 3.38. The summed E-state index contributed by atoms with van der Waals surface area (Å²) in [6.07, 6.45) is 3.97. The maximum atomic E-state index is 12.4. The average molecular weight is 332 g/mol. The smallest absolute Gasteiger partial charge is 0.263 e. The van der Waals surface area contributed by atoms with Gasteiger partial charge >= 0.3 is 0 Å². The minimum atomic E-state index is -0.935. The van der Waals surface area contributed by atoms with Crippen LogP contribution in [0, 0.1) is 6.92 Å². The van der Waals surface area contributed by atoms with Crippen molar-refractivity contribution >= 4 is 23.2 Å². The predicted molar refractivity (Wildman–Crippen MR) is 89.8 cm³/mol. The zero-order chi connectivity index (χ0) is 16.4. The van der Waals surface area contributed by atoms with E-state index in [0.29, 0.717) is 36.9 Å². The lowest BCUT2D eigenvalue weighted by Crippen LogP contribution is -2.45. The molecule has 1 N–H and O–H groups in total. The van der Waals surface area contributed by atoms with E-state index in [-0.39, 0.29) is 5.91 Å². The number of aromatic nitrogens is 2. The van der Waals surface area contributed by atoms with Gasteiger partial charge in [-0.2, -0.15) is 0 Å². The van der Waals surface area contributed by atoms with E-state index in [4.69, 9.17) is 0 Å². The number of carbonyl (C=O) groups excluding carboxylic acids is 1. The maximum absolute atomic E-state index is 12.4. The molecule has 1 fully saturated rings. The summed E-state index contributed by atoms with van der Waals surface area (Å²) in [7, 11) is 1.73. The number of likely N-dealkylation sites (N-methyl/N-ethyl adjacent to an activating group) is 1. The molecule has 0 saturated carbocycles. The molecule has 2 aromatic rings. The first-order chi connectivity index (χ1) is 11.0. The molecule has 23 heavy (non-hydrogen) atoms. The van der Waals surface area contributed by atoms with Crippen LogP contribution in [0.1, 0.15) is 21.0 Å². The number of rotatable bonds is 4. The SMILES string of the molecule is Cc1ccc(C(=O)N(C)CC2(O)CCN(c3ncccn3)C2)s1. The molecule has 1 saturated heterocycles. The van der Waals surface area contributed by atoms with Crippen LogP contribution >= 0.6 is 11.3 Å². The van der Waals surface area contributed by atoms with Crippen molar-refractivity contribution < 1.29 is 9.90 Å². The molecule has 6 nitrogen and oxygen atoms in total. The second kappa shape index (κ2) is 6.25. The third-order valence-corrected chi connectivity index (χ3v) is 4.99. The minimum Gasteiger partial charge on any atom is -0.386 e. The summed E-state index contributed by atoms with van der Waals surface area (Å²) in [5.74, 6) is 0.567. The fourth-order valence-electron chi connectivity index (χ4n) is 2.86. The Morgan fingerprint density at radius 1 is 1.43 bits per heavy atom. The Bertz CT molecular complexity index is 690. The van der Waals surface area contributed by atoms with Gasteiger partial charge in [-0.1, -0.05) is 0 Å². The topological polar surface area (TPSA) is 69.6 Å². The van der Waals surface area contributed by atoms with Gasteiger partial charge in [-0.15, -0.1) is 11.3 Å². The third-order valence-electron chi connectivity index (χ3n) is 4.00. The van der Waals surface area contributed by atoms with Crippen molar-refractivity contribution in [2.45, 2.75) is 18.9 Å². The van der Waals surface area contributed by atoms with Crippen LogP contribution in [0.5, 0.6) is 0 Å². The second-order valence-corrected chi connectivity index (χ2v) is 7.30. The lowest BCUT2D eigenvalue weighted by molar-refractivity contribution is 0.0266. The molecule has 0 radical (unpaired) electrons. The molecular weight excluding hydrogens is 312 g/mol. The first kappa shape index (κ1) is 15.9. The summed E-state index contributed by atoms with van der Waals surface area (Å²) >= 11 is 1.48. The molecule has 0 spiro atoms. The monoisotopic (exact) mass is 332 g/mol.